The second-order valence-corrected chi connectivity index (χ2v) is 5.60. The number of likely N-dealkylation sites (tertiary alicyclic amines) is 1. The summed E-state index contributed by atoms with van der Waals surface area (Å²) in [5, 5.41) is 3.00. The molecule has 2 amide bonds. The van der Waals surface area contributed by atoms with Crippen LogP contribution in [0.1, 0.15) is 19.3 Å². The Morgan fingerprint density at radius 3 is 1.95 bits per heavy atom. The van der Waals surface area contributed by atoms with Gasteiger partial charge in [0.05, 0.1) is 6.54 Å². The van der Waals surface area contributed by atoms with E-state index in [0.29, 0.717) is 13.0 Å². The lowest BCUT2D eigenvalue weighted by Crippen LogP contribution is -2.51. The highest BCUT2D eigenvalue weighted by Gasteiger charge is 2.24. The summed E-state index contributed by atoms with van der Waals surface area (Å²) in [6, 6.07) is 0. The molecule has 0 atom stereocenters. The fourth-order valence-corrected chi connectivity index (χ4v) is 2.80. The fourth-order valence-electron chi connectivity index (χ4n) is 2.80. The zero-order valence-corrected chi connectivity index (χ0v) is 14.9. The van der Waals surface area contributed by atoms with E-state index in [2.05, 4.69) is 10.2 Å². The first-order valence-electron chi connectivity index (χ1n) is 7.63. The molecule has 0 aromatic carbocycles. The number of halogens is 2. The molecule has 0 aliphatic carbocycles. The van der Waals surface area contributed by atoms with Crippen LogP contribution < -0.4 is 5.32 Å². The molecule has 1 N–H and O–H groups in total. The number of hydrogen-bond acceptors (Lipinski definition) is 4. The van der Waals surface area contributed by atoms with Gasteiger partial charge in [0.15, 0.2) is 0 Å². The molecule has 2 aliphatic rings. The third-order valence-corrected chi connectivity index (χ3v) is 4.13. The van der Waals surface area contributed by atoms with Gasteiger partial charge in [-0.2, -0.15) is 0 Å². The van der Waals surface area contributed by atoms with Crippen molar-refractivity contribution in [1.82, 2.24) is 20.0 Å². The molecule has 6 nitrogen and oxygen atoms in total. The molecular formula is C14H28Cl2N4O2. The van der Waals surface area contributed by atoms with Gasteiger partial charge in [-0.15, -0.1) is 24.8 Å². The van der Waals surface area contributed by atoms with Crippen molar-refractivity contribution in [2.24, 2.45) is 0 Å². The van der Waals surface area contributed by atoms with Gasteiger partial charge in [-0.3, -0.25) is 14.5 Å². The van der Waals surface area contributed by atoms with Gasteiger partial charge in [0.2, 0.25) is 11.8 Å². The van der Waals surface area contributed by atoms with Crippen LogP contribution in [0.15, 0.2) is 0 Å². The summed E-state index contributed by atoms with van der Waals surface area (Å²) in [4.78, 5) is 30.0. The highest BCUT2D eigenvalue weighted by molar-refractivity contribution is 5.85. The van der Waals surface area contributed by atoms with Crippen molar-refractivity contribution in [3.05, 3.63) is 0 Å². The smallest absolute Gasteiger partial charge is 0.236 e. The molecule has 0 unspecified atom stereocenters. The van der Waals surface area contributed by atoms with E-state index in [0.717, 1.165) is 58.7 Å². The number of amides is 2. The summed E-state index contributed by atoms with van der Waals surface area (Å²) >= 11 is 0. The zero-order chi connectivity index (χ0) is 14.4. The van der Waals surface area contributed by atoms with Crippen molar-refractivity contribution >= 4 is 36.6 Å². The Morgan fingerprint density at radius 1 is 0.864 bits per heavy atom. The Morgan fingerprint density at radius 2 is 1.41 bits per heavy atom. The summed E-state index contributed by atoms with van der Waals surface area (Å²) < 4.78 is 0. The van der Waals surface area contributed by atoms with Crippen LogP contribution in [0.5, 0.6) is 0 Å². The van der Waals surface area contributed by atoms with Gasteiger partial charge in [0, 0.05) is 52.2 Å². The number of rotatable bonds is 5. The van der Waals surface area contributed by atoms with E-state index in [-0.39, 0.29) is 36.6 Å². The van der Waals surface area contributed by atoms with Crippen LogP contribution in [-0.2, 0) is 9.59 Å². The molecule has 22 heavy (non-hydrogen) atoms. The van der Waals surface area contributed by atoms with Crippen LogP contribution in [0, 0.1) is 0 Å². The van der Waals surface area contributed by atoms with Crippen LogP contribution in [0.2, 0.25) is 0 Å². The second kappa shape index (κ2) is 11.0. The number of nitrogens with zero attached hydrogens (tertiary/aromatic N) is 3. The summed E-state index contributed by atoms with van der Waals surface area (Å²) in [5.41, 5.74) is 0. The maximum absolute atomic E-state index is 12.1. The molecule has 2 aliphatic heterocycles. The molecule has 8 heteroatoms. The van der Waals surface area contributed by atoms with Crippen molar-refractivity contribution in [3.63, 3.8) is 0 Å². The first-order valence-corrected chi connectivity index (χ1v) is 7.63. The molecule has 0 spiro atoms. The predicted octanol–water partition coefficient (Wildman–Crippen LogP) is 0.206. The SMILES string of the molecule is CNCCC(=O)N1CCN(CC(=O)N2CCCC2)CC1.Cl.Cl. The van der Waals surface area contributed by atoms with Gasteiger partial charge in [-0.05, 0) is 19.9 Å². The minimum Gasteiger partial charge on any atom is -0.342 e. The molecule has 0 bridgehead atoms. The van der Waals surface area contributed by atoms with Gasteiger partial charge in [-0.25, -0.2) is 0 Å². The van der Waals surface area contributed by atoms with Crippen LogP contribution in [-0.4, -0.2) is 85.9 Å². The number of carbonyl (C=O) groups excluding carboxylic acids is 2. The molecular weight excluding hydrogens is 327 g/mol. The summed E-state index contributed by atoms with van der Waals surface area (Å²) in [7, 11) is 1.86. The van der Waals surface area contributed by atoms with Gasteiger partial charge >= 0.3 is 0 Å². The first kappa shape index (κ1) is 21.4. The Labute approximate surface area is 145 Å². The Balaban J connectivity index is 0.00000220. The minimum atomic E-state index is 0. The average Bonchev–Trinajstić information content (AvgIpc) is 3.00. The zero-order valence-electron chi connectivity index (χ0n) is 13.3. The number of carbonyl (C=O) groups is 2. The minimum absolute atomic E-state index is 0. The summed E-state index contributed by atoms with van der Waals surface area (Å²) in [6.45, 7) is 6.19. The van der Waals surface area contributed by atoms with Crippen LogP contribution in [0.4, 0.5) is 0 Å². The lowest BCUT2D eigenvalue weighted by molar-refractivity contribution is -0.134. The molecule has 0 radical (unpaired) electrons. The maximum Gasteiger partial charge on any atom is 0.236 e. The Bertz CT molecular complexity index is 344. The largest absolute Gasteiger partial charge is 0.342 e. The van der Waals surface area contributed by atoms with Crippen LogP contribution >= 0.6 is 24.8 Å². The fraction of sp³-hybridized carbons (Fsp3) is 0.857. The Kier molecular flexibility index (Phi) is 10.8. The quantitative estimate of drug-likeness (QED) is 0.766. The van der Waals surface area contributed by atoms with Crippen molar-refractivity contribution in [2.75, 3.05) is 59.4 Å². The van der Waals surface area contributed by atoms with E-state index in [9.17, 15) is 9.59 Å². The van der Waals surface area contributed by atoms with E-state index in [4.69, 9.17) is 0 Å². The summed E-state index contributed by atoms with van der Waals surface area (Å²) in [5.74, 6) is 0.460. The van der Waals surface area contributed by atoms with Crippen molar-refractivity contribution < 1.29 is 9.59 Å². The van der Waals surface area contributed by atoms with E-state index in [1.807, 2.05) is 16.8 Å². The number of hydrogen-bond donors (Lipinski definition) is 1. The molecule has 0 aromatic rings. The van der Waals surface area contributed by atoms with Gasteiger partial charge < -0.3 is 15.1 Å². The molecule has 2 saturated heterocycles. The van der Waals surface area contributed by atoms with Crippen molar-refractivity contribution in [1.29, 1.82) is 0 Å². The molecule has 2 rings (SSSR count). The van der Waals surface area contributed by atoms with E-state index in [1.54, 1.807) is 0 Å². The highest BCUT2D eigenvalue weighted by Crippen LogP contribution is 2.09. The summed E-state index contributed by atoms with van der Waals surface area (Å²) in [6.07, 6.45) is 2.84. The molecule has 2 heterocycles. The number of nitrogens with one attached hydrogen (secondary N) is 1. The normalized spacial score (nSPS) is 18.6. The second-order valence-electron chi connectivity index (χ2n) is 5.60. The van der Waals surface area contributed by atoms with Crippen LogP contribution in [0.3, 0.4) is 0 Å². The predicted molar refractivity (Wildman–Crippen MR) is 91.9 cm³/mol. The Hall–Kier alpha value is -0.560. The van der Waals surface area contributed by atoms with Crippen molar-refractivity contribution in [2.45, 2.75) is 19.3 Å². The van der Waals surface area contributed by atoms with Gasteiger partial charge in [-0.1, -0.05) is 0 Å². The third kappa shape index (κ3) is 6.28. The topological polar surface area (TPSA) is 55.9 Å². The third-order valence-electron chi connectivity index (χ3n) is 4.13. The van der Waals surface area contributed by atoms with Crippen LogP contribution in [0.25, 0.3) is 0 Å². The standard InChI is InChI=1S/C14H26N4O2.2ClH/c1-15-5-4-13(19)18-10-8-16(9-11-18)12-14(20)17-6-2-3-7-17;;/h15H,2-12H2,1H3;2*1H. The number of piperazine rings is 1. The highest BCUT2D eigenvalue weighted by atomic mass is 35.5. The van der Waals surface area contributed by atoms with Gasteiger partial charge in [0.25, 0.3) is 0 Å². The van der Waals surface area contributed by atoms with E-state index >= 15 is 0 Å². The van der Waals surface area contributed by atoms with E-state index in [1.165, 1.54) is 0 Å². The maximum atomic E-state index is 12.1. The lowest BCUT2D eigenvalue weighted by Gasteiger charge is -2.35. The molecule has 130 valence electrons. The first-order chi connectivity index (χ1) is 9.70. The van der Waals surface area contributed by atoms with Gasteiger partial charge in [0.1, 0.15) is 0 Å². The molecule has 2 fully saturated rings. The van der Waals surface area contributed by atoms with Crippen molar-refractivity contribution in [3.8, 4) is 0 Å². The molecule has 0 aromatic heterocycles. The lowest BCUT2D eigenvalue weighted by atomic mass is 10.2. The monoisotopic (exact) mass is 354 g/mol. The van der Waals surface area contributed by atoms with E-state index < -0.39 is 0 Å². The average molecular weight is 355 g/mol. The molecule has 0 saturated carbocycles.